The van der Waals surface area contributed by atoms with E-state index in [1.54, 1.807) is 0 Å². The fraction of sp³-hybridized carbons (Fsp3) is 0.870. The van der Waals surface area contributed by atoms with Gasteiger partial charge in [-0.2, -0.15) is 0 Å². The molecule has 0 fully saturated rings. The molecule has 0 aliphatic carbocycles. The van der Waals surface area contributed by atoms with E-state index < -0.39 is 60.1 Å². The molecule has 0 spiro atoms. The van der Waals surface area contributed by atoms with Crippen LogP contribution in [-0.2, 0) is 66.7 Å². The number of carbonyl (C=O) groups is 7. The van der Waals surface area contributed by atoms with Gasteiger partial charge >= 0.3 is 41.8 Å². The summed E-state index contributed by atoms with van der Waals surface area (Å²) in [7, 11) is 3.79. The molecule has 0 heterocycles. The lowest BCUT2D eigenvalue weighted by Gasteiger charge is -2.21. The maximum Gasteiger partial charge on any atom is 0.306 e. The van der Waals surface area contributed by atoms with E-state index >= 15 is 0 Å². The summed E-state index contributed by atoms with van der Waals surface area (Å²) in [5.74, 6) is -3.59. The van der Waals surface area contributed by atoms with Crippen LogP contribution in [0.25, 0.3) is 0 Å². The third kappa shape index (κ3) is 44.0. The van der Waals surface area contributed by atoms with Crippen LogP contribution in [0.2, 0.25) is 0 Å². The molecule has 0 aromatic rings. The van der Waals surface area contributed by atoms with Crippen molar-refractivity contribution in [2.45, 2.75) is 258 Å². The molecule has 0 bridgehead atoms. The van der Waals surface area contributed by atoms with E-state index in [-0.39, 0.29) is 84.2 Å². The van der Waals surface area contributed by atoms with Crippen LogP contribution in [0.3, 0.4) is 0 Å². The van der Waals surface area contributed by atoms with Crippen LogP contribution in [0.1, 0.15) is 240 Å². The second kappa shape index (κ2) is 46.6. The van der Waals surface area contributed by atoms with Gasteiger partial charge in [0.1, 0.15) is 32.5 Å². The minimum Gasteiger partial charge on any atom is -0.462 e. The van der Waals surface area contributed by atoms with Crippen molar-refractivity contribution in [3.63, 3.8) is 0 Å². The predicted octanol–water partition coefficient (Wildman–Crippen LogP) is 11.4. The van der Waals surface area contributed by atoms with E-state index in [9.17, 15) is 33.6 Å². The largest absolute Gasteiger partial charge is 0.462 e. The Morgan fingerprint density at radius 3 is 0.841 bits per heavy atom. The van der Waals surface area contributed by atoms with Gasteiger partial charge in [0.2, 0.25) is 0 Å². The molecule has 2 atom stereocenters. The van der Waals surface area contributed by atoms with Crippen molar-refractivity contribution in [2.24, 2.45) is 0 Å². The first-order valence-corrected chi connectivity index (χ1v) is 27.2. The van der Waals surface area contributed by atoms with Gasteiger partial charge in [-0.05, 0) is 65.6 Å². The number of nitrogens with zero attached hydrogens (tertiary/aromatic N) is 1. The van der Waals surface area contributed by atoms with Gasteiger partial charge in [-0.3, -0.25) is 33.6 Å². The first-order chi connectivity index (χ1) is 33.3. The SMILES string of the molecule is CCCCCCCCC(=O)OCC(COC(=O)CCCCCCC)OC(=O)CCC(CCC(=O)OC(COC(=O)CCCCCCCC)COC(=O)CCCCCCCC)OC(=O)CCCN(C)C. The van der Waals surface area contributed by atoms with Gasteiger partial charge in [0.25, 0.3) is 0 Å². The Balaban J connectivity index is 5.72. The Morgan fingerprint density at radius 1 is 0.304 bits per heavy atom. The molecule has 15 heteroatoms. The summed E-state index contributed by atoms with van der Waals surface area (Å²) >= 11 is 0. The third-order valence-corrected chi connectivity index (χ3v) is 11.6. The van der Waals surface area contributed by atoms with Crippen LogP contribution in [0.4, 0.5) is 0 Å². The molecule has 0 saturated carbocycles. The van der Waals surface area contributed by atoms with Crippen LogP contribution < -0.4 is 0 Å². The van der Waals surface area contributed by atoms with Gasteiger partial charge in [0.15, 0.2) is 12.2 Å². The molecular weight excluding hydrogens is 887 g/mol. The molecular formula is C54H97NO14. The molecule has 69 heavy (non-hydrogen) atoms. The number of hydrogen-bond donors (Lipinski definition) is 0. The minimum absolute atomic E-state index is 0.00314. The topological polar surface area (TPSA) is 187 Å². The molecule has 15 nitrogen and oxygen atoms in total. The van der Waals surface area contributed by atoms with Crippen LogP contribution in [0, 0.1) is 0 Å². The second-order valence-electron chi connectivity index (χ2n) is 18.8. The van der Waals surface area contributed by atoms with E-state index in [0.717, 1.165) is 122 Å². The summed E-state index contributed by atoms with van der Waals surface area (Å²) in [6.07, 6.45) is 21.0. The molecule has 402 valence electrons. The Morgan fingerprint density at radius 2 is 0.551 bits per heavy atom. The summed E-state index contributed by atoms with van der Waals surface area (Å²) in [5, 5.41) is 0. The smallest absolute Gasteiger partial charge is 0.306 e. The summed E-state index contributed by atoms with van der Waals surface area (Å²) in [6.45, 7) is 8.05. The molecule has 0 aliphatic heterocycles. The lowest BCUT2D eigenvalue weighted by Crippen LogP contribution is -2.32. The maximum atomic E-state index is 13.3. The van der Waals surface area contributed by atoms with Crippen LogP contribution in [0.15, 0.2) is 0 Å². The Labute approximate surface area is 417 Å². The fourth-order valence-corrected chi connectivity index (χ4v) is 7.38. The summed E-state index contributed by atoms with van der Waals surface area (Å²) < 4.78 is 39.0. The van der Waals surface area contributed by atoms with Crippen LogP contribution in [-0.4, -0.2) is 112 Å². The maximum absolute atomic E-state index is 13.3. The Kier molecular flexibility index (Phi) is 44.1. The number of hydrogen-bond acceptors (Lipinski definition) is 15. The van der Waals surface area contributed by atoms with E-state index in [1.165, 1.54) is 0 Å². The standard InChI is InChI=1S/C54H97NO14/c1-7-11-15-19-23-27-32-49(57)64-42-46(41-63-48(56)31-26-22-18-14-10-4)68-53(61)38-36-45(67-52(60)35-30-40-55(5)6)37-39-54(62)69-47(43-65-50(58)33-28-24-20-16-12-8-2)44-66-51(59)34-29-25-21-17-13-9-3/h45-47H,7-44H2,1-6H3. The molecule has 0 saturated heterocycles. The molecule has 0 aliphatic rings. The number of ether oxygens (including phenoxy) is 7. The average molecular weight is 984 g/mol. The van der Waals surface area contributed by atoms with Crippen molar-refractivity contribution in [1.82, 2.24) is 4.90 Å². The zero-order valence-electron chi connectivity index (χ0n) is 44.3. The van der Waals surface area contributed by atoms with Gasteiger partial charge in [0.05, 0.1) is 0 Å². The van der Waals surface area contributed by atoms with Gasteiger partial charge in [-0.25, -0.2) is 0 Å². The normalized spacial score (nSPS) is 12.1. The van der Waals surface area contributed by atoms with Crippen LogP contribution in [0.5, 0.6) is 0 Å². The zero-order valence-corrected chi connectivity index (χ0v) is 44.3. The lowest BCUT2D eigenvalue weighted by molar-refractivity contribution is -0.168. The molecule has 2 unspecified atom stereocenters. The first kappa shape index (κ1) is 65.2. The van der Waals surface area contributed by atoms with Crippen molar-refractivity contribution in [3.8, 4) is 0 Å². The highest BCUT2D eigenvalue weighted by Crippen LogP contribution is 2.17. The molecule has 0 radical (unpaired) electrons. The van der Waals surface area contributed by atoms with Crippen LogP contribution >= 0.6 is 0 Å². The van der Waals surface area contributed by atoms with E-state index in [0.29, 0.717) is 38.6 Å². The molecule has 0 amide bonds. The van der Waals surface area contributed by atoms with Gasteiger partial charge in [-0.15, -0.1) is 0 Å². The van der Waals surface area contributed by atoms with Crippen molar-refractivity contribution in [3.05, 3.63) is 0 Å². The summed E-state index contributed by atoms with van der Waals surface area (Å²) in [6, 6.07) is 0. The average Bonchev–Trinajstić information content (AvgIpc) is 3.32. The molecule has 0 N–H and O–H groups in total. The lowest BCUT2D eigenvalue weighted by atomic mass is 10.1. The summed E-state index contributed by atoms with van der Waals surface area (Å²) in [5.41, 5.74) is 0. The Hall–Kier alpha value is -3.75. The molecule has 0 aromatic carbocycles. The zero-order chi connectivity index (χ0) is 51.2. The van der Waals surface area contributed by atoms with Gasteiger partial charge in [-0.1, -0.05) is 150 Å². The van der Waals surface area contributed by atoms with Gasteiger partial charge < -0.3 is 38.1 Å². The highest BCUT2D eigenvalue weighted by molar-refractivity contribution is 5.73. The fourth-order valence-electron chi connectivity index (χ4n) is 7.38. The van der Waals surface area contributed by atoms with Crippen molar-refractivity contribution in [2.75, 3.05) is 47.1 Å². The number of carbonyl (C=O) groups excluding carboxylic acids is 7. The summed E-state index contributed by atoms with van der Waals surface area (Å²) in [4.78, 5) is 91.9. The molecule has 0 aromatic heterocycles. The first-order valence-electron chi connectivity index (χ1n) is 27.2. The van der Waals surface area contributed by atoms with Crippen molar-refractivity contribution in [1.29, 1.82) is 0 Å². The monoisotopic (exact) mass is 984 g/mol. The Bertz CT molecular complexity index is 1310. The van der Waals surface area contributed by atoms with E-state index in [2.05, 4.69) is 27.7 Å². The molecule has 0 rings (SSSR count). The number of rotatable bonds is 48. The third-order valence-electron chi connectivity index (χ3n) is 11.6. The minimum atomic E-state index is -1.05. The number of esters is 7. The van der Waals surface area contributed by atoms with E-state index in [1.807, 2.05) is 19.0 Å². The van der Waals surface area contributed by atoms with E-state index in [4.69, 9.17) is 33.2 Å². The van der Waals surface area contributed by atoms with Gasteiger partial charge in [0, 0.05) is 44.9 Å². The highest BCUT2D eigenvalue weighted by Gasteiger charge is 2.25. The highest BCUT2D eigenvalue weighted by atomic mass is 16.6. The number of unbranched alkanes of at least 4 members (excludes halogenated alkanes) is 19. The van der Waals surface area contributed by atoms with Crippen molar-refractivity contribution < 1.29 is 66.7 Å². The second-order valence-corrected chi connectivity index (χ2v) is 18.8. The van der Waals surface area contributed by atoms with Crippen molar-refractivity contribution >= 4 is 41.8 Å². The quantitative estimate of drug-likeness (QED) is 0.0318. The predicted molar refractivity (Wildman–Crippen MR) is 267 cm³/mol.